The van der Waals surface area contributed by atoms with Crippen molar-refractivity contribution in [2.24, 2.45) is 5.10 Å². The lowest BCUT2D eigenvalue weighted by atomic mass is 10.2. The van der Waals surface area contributed by atoms with Gasteiger partial charge in [-0.1, -0.05) is 48.0 Å². The lowest BCUT2D eigenvalue weighted by Crippen LogP contribution is -2.07. The second-order valence-electron chi connectivity index (χ2n) is 7.53. The van der Waals surface area contributed by atoms with Gasteiger partial charge in [0.15, 0.2) is 5.65 Å². The van der Waals surface area contributed by atoms with E-state index in [1.807, 2.05) is 31.2 Å². The highest BCUT2D eigenvalue weighted by molar-refractivity contribution is 7.92. The molecule has 0 aliphatic carbocycles. The van der Waals surface area contributed by atoms with Gasteiger partial charge in [-0.15, -0.1) is 0 Å². The summed E-state index contributed by atoms with van der Waals surface area (Å²) in [4.78, 5) is 9.24. The molecule has 0 aliphatic rings. The quantitative estimate of drug-likeness (QED) is 0.374. The van der Waals surface area contributed by atoms with Gasteiger partial charge in [-0.2, -0.15) is 9.78 Å². The van der Waals surface area contributed by atoms with Crippen LogP contribution in [0.2, 0.25) is 5.02 Å². The van der Waals surface area contributed by atoms with Crippen molar-refractivity contribution in [3.05, 3.63) is 88.9 Å². The first-order valence-corrected chi connectivity index (χ1v) is 11.9. The third-order valence-electron chi connectivity index (χ3n) is 5.17. The zero-order valence-corrected chi connectivity index (χ0v) is 19.0. The van der Waals surface area contributed by atoms with Crippen molar-refractivity contribution in [2.75, 3.05) is 5.73 Å². The molecule has 7 nitrogen and oxygen atoms in total. The largest absolute Gasteiger partial charge is 0.382 e. The number of fused-ring (bicyclic) bond motifs is 2. The molecule has 0 amide bonds. The molecule has 0 saturated heterocycles. The maximum Gasteiger partial charge on any atom is 0.212 e. The summed E-state index contributed by atoms with van der Waals surface area (Å²) in [7, 11) is -4.00. The number of sulfone groups is 1. The Hall–Kier alpha value is -3.75. The normalized spacial score (nSPS) is 12.2. The predicted molar refractivity (Wildman–Crippen MR) is 131 cm³/mol. The Bertz CT molecular complexity index is 1680. The van der Waals surface area contributed by atoms with Gasteiger partial charge in [-0.3, -0.25) is 0 Å². The lowest BCUT2D eigenvalue weighted by molar-refractivity contribution is 0.597. The van der Waals surface area contributed by atoms with Crippen molar-refractivity contribution >= 4 is 55.7 Å². The summed E-state index contributed by atoms with van der Waals surface area (Å²) in [5.74, 6) is -0.0694. The highest BCUT2D eigenvalue weighted by Crippen LogP contribution is 2.35. The molecule has 0 atom stereocenters. The summed E-state index contributed by atoms with van der Waals surface area (Å²) in [5, 5.41) is 4.99. The van der Waals surface area contributed by atoms with Crippen LogP contribution in [0.5, 0.6) is 0 Å². The Balaban J connectivity index is 1.81. The minimum absolute atomic E-state index is 0.0694. The van der Waals surface area contributed by atoms with E-state index in [1.54, 1.807) is 48.7 Å². The standard InChI is InChI=1S/C24H18ClN5O2S/c1-15-6-4-9-18(12-15)33(31,32)22-21-24(29-20-11-3-2-10-19(20)28-21)30(23(22)26)27-14-16-7-5-8-17(25)13-16/h2-14H,26H2,1H3/b27-14+. The number of halogens is 1. The van der Waals surface area contributed by atoms with E-state index in [1.165, 1.54) is 10.7 Å². The number of nitrogen functional groups attached to an aromatic ring is 1. The van der Waals surface area contributed by atoms with Crippen molar-refractivity contribution in [3.8, 4) is 0 Å². The monoisotopic (exact) mass is 475 g/mol. The molecular formula is C24H18ClN5O2S. The van der Waals surface area contributed by atoms with E-state index in [9.17, 15) is 8.42 Å². The first-order valence-electron chi connectivity index (χ1n) is 10.0. The molecule has 2 N–H and O–H groups in total. The third kappa shape index (κ3) is 3.73. The van der Waals surface area contributed by atoms with Crippen LogP contribution in [0.3, 0.4) is 0 Å². The van der Waals surface area contributed by atoms with E-state index in [4.69, 9.17) is 17.3 Å². The number of nitrogens with zero attached hydrogens (tertiary/aromatic N) is 4. The molecule has 0 radical (unpaired) electrons. The molecule has 33 heavy (non-hydrogen) atoms. The van der Waals surface area contributed by atoms with Gasteiger partial charge in [-0.25, -0.2) is 18.4 Å². The van der Waals surface area contributed by atoms with Gasteiger partial charge in [0, 0.05) is 5.02 Å². The van der Waals surface area contributed by atoms with Gasteiger partial charge in [0.25, 0.3) is 0 Å². The molecule has 0 unspecified atom stereocenters. The molecular weight excluding hydrogens is 458 g/mol. The fourth-order valence-corrected chi connectivity index (χ4v) is 5.40. The summed E-state index contributed by atoms with van der Waals surface area (Å²) in [6.45, 7) is 1.83. The smallest absolute Gasteiger partial charge is 0.212 e. The van der Waals surface area contributed by atoms with Gasteiger partial charge >= 0.3 is 0 Å². The first kappa shape index (κ1) is 21.1. The van der Waals surface area contributed by atoms with Crippen molar-refractivity contribution in [1.82, 2.24) is 14.6 Å². The fourth-order valence-electron chi connectivity index (χ4n) is 3.62. The molecule has 5 rings (SSSR count). The van der Waals surface area contributed by atoms with E-state index >= 15 is 0 Å². The van der Waals surface area contributed by atoms with Gasteiger partial charge in [0.1, 0.15) is 16.2 Å². The minimum Gasteiger partial charge on any atom is -0.382 e. The van der Waals surface area contributed by atoms with Crippen molar-refractivity contribution in [2.45, 2.75) is 16.7 Å². The Morgan fingerprint density at radius 1 is 0.970 bits per heavy atom. The van der Waals surface area contributed by atoms with E-state index < -0.39 is 9.84 Å². The summed E-state index contributed by atoms with van der Waals surface area (Å²) in [6.07, 6.45) is 1.54. The van der Waals surface area contributed by atoms with Crippen molar-refractivity contribution in [3.63, 3.8) is 0 Å². The van der Waals surface area contributed by atoms with Crippen LogP contribution in [0.25, 0.3) is 22.2 Å². The average Bonchev–Trinajstić information content (AvgIpc) is 3.07. The van der Waals surface area contributed by atoms with E-state index in [0.29, 0.717) is 16.1 Å². The van der Waals surface area contributed by atoms with Crippen LogP contribution in [-0.2, 0) is 9.84 Å². The van der Waals surface area contributed by atoms with Gasteiger partial charge < -0.3 is 5.73 Å². The molecule has 0 saturated carbocycles. The number of aryl methyl sites for hydroxylation is 1. The SMILES string of the molecule is Cc1cccc(S(=O)(=O)c2c(N)n(/N=C/c3cccc(Cl)c3)c3nc4ccccc4nc23)c1. The maximum atomic E-state index is 13.7. The lowest BCUT2D eigenvalue weighted by Gasteiger charge is -2.06. The summed E-state index contributed by atoms with van der Waals surface area (Å²) < 4.78 is 28.6. The van der Waals surface area contributed by atoms with Crippen LogP contribution in [0.4, 0.5) is 5.82 Å². The van der Waals surface area contributed by atoms with Crippen LogP contribution in [-0.4, -0.2) is 29.3 Å². The van der Waals surface area contributed by atoms with E-state index in [-0.39, 0.29) is 26.8 Å². The molecule has 9 heteroatoms. The van der Waals surface area contributed by atoms with Gasteiger partial charge in [0.2, 0.25) is 9.84 Å². The Morgan fingerprint density at radius 3 is 2.42 bits per heavy atom. The highest BCUT2D eigenvalue weighted by Gasteiger charge is 2.30. The van der Waals surface area contributed by atoms with Gasteiger partial charge in [0.05, 0.1) is 22.1 Å². The average molecular weight is 476 g/mol. The summed E-state index contributed by atoms with van der Waals surface area (Å²) >= 11 is 6.07. The summed E-state index contributed by atoms with van der Waals surface area (Å²) in [5.41, 5.74) is 9.50. The zero-order chi connectivity index (χ0) is 23.2. The second kappa shape index (κ2) is 7.99. The van der Waals surface area contributed by atoms with Crippen LogP contribution in [0.1, 0.15) is 11.1 Å². The third-order valence-corrected chi connectivity index (χ3v) is 7.22. The van der Waals surface area contributed by atoms with Crippen molar-refractivity contribution < 1.29 is 8.42 Å². The molecule has 0 fully saturated rings. The molecule has 0 aliphatic heterocycles. The number of hydrogen-bond donors (Lipinski definition) is 1. The molecule has 5 aromatic rings. The number of rotatable bonds is 4. The Labute approximate surface area is 195 Å². The number of aromatic nitrogens is 3. The van der Waals surface area contributed by atoms with Crippen molar-refractivity contribution in [1.29, 1.82) is 0 Å². The maximum absolute atomic E-state index is 13.7. The Morgan fingerprint density at radius 2 is 1.70 bits per heavy atom. The predicted octanol–water partition coefficient (Wildman–Crippen LogP) is 4.84. The molecule has 3 aromatic carbocycles. The number of para-hydroxylation sites is 2. The Kier molecular flexibility index (Phi) is 5.11. The zero-order valence-electron chi connectivity index (χ0n) is 17.5. The number of benzene rings is 3. The molecule has 0 bridgehead atoms. The highest BCUT2D eigenvalue weighted by atomic mass is 35.5. The first-order chi connectivity index (χ1) is 15.8. The molecule has 164 valence electrons. The fraction of sp³-hybridized carbons (Fsp3) is 0.0417. The number of anilines is 1. The number of nitrogens with two attached hydrogens (primary N) is 1. The van der Waals surface area contributed by atoms with Crippen LogP contribution >= 0.6 is 11.6 Å². The van der Waals surface area contributed by atoms with E-state index in [0.717, 1.165) is 11.1 Å². The second-order valence-corrected chi connectivity index (χ2v) is 9.85. The summed E-state index contributed by atoms with van der Waals surface area (Å²) in [6, 6.07) is 21.0. The number of hydrogen-bond acceptors (Lipinski definition) is 6. The molecule has 2 heterocycles. The topological polar surface area (TPSA) is 103 Å². The van der Waals surface area contributed by atoms with Crippen LogP contribution in [0, 0.1) is 6.92 Å². The minimum atomic E-state index is -4.00. The molecule has 0 spiro atoms. The van der Waals surface area contributed by atoms with Gasteiger partial charge in [-0.05, 0) is 54.4 Å². The van der Waals surface area contributed by atoms with Crippen LogP contribution < -0.4 is 5.73 Å². The molecule has 2 aromatic heterocycles. The van der Waals surface area contributed by atoms with E-state index in [2.05, 4.69) is 15.1 Å². The van der Waals surface area contributed by atoms with Crippen LogP contribution in [0.15, 0.2) is 87.7 Å².